The molecular weight excluding hydrogens is 322 g/mol. The fraction of sp³-hybridized carbons (Fsp3) is 0.222. The van der Waals surface area contributed by atoms with Crippen LogP contribution in [0.3, 0.4) is 0 Å². The summed E-state index contributed by atoms with van der Waals surface area (Å²) < 4.78 is 26.6. The third-order valence-corrected chi connectivity index (χ3v) is 5.27. The molecule has 0 aliphatic carbocycles. The Hall–Kier alpha value is -2.65. The average Bonchev–Trinajstić information content (AvgIpc) is 2.95. The molecule has 0 unspecified atom stereocenters. The third kappa shape index (κ3) is 2.57. The summed E-state index contributed by atoms with van der Waals surface area (Å²) in [7, 11) is -3.46. The Morgan fingerprint density at radius 3 is 2.38 bits per heavy atom. The van der Waals surface area contributed by atoms with Crippen LogP contribution in [0.4, 0.5) is 0 Å². The van der Waals surface area contributed by atoms with E-state index in [1.807, 2.05) is 19.1 Å². The Bertz CT molecular complexity index is 1070. The van der Waals surface area contributed by atoms with Crippen molar-refractivity contribution in [3.05, 3.63) is 53.3 Å². The molecule has 0 N–H and O–H groups in total. The highest BCUT2D eigenvalue weighted by atomic mass is 32.2. The number of hydrogen-bond acceptors (Lipinski definition) is 4. The predicted molar refractivity (Wildman–Crippen MR) is 92.6 cm³/mol. The van der Waals surface area contributed by atoms with Crippen LogP contribution in [0.25, 0.3) is 16.6 Å². The molecule has 5 nitrogen and oxygen atoms in total. The minimum absolute atomic E-state index is 0.237. The number of sulfone groups is 1. The molecule has 0 fully saturated rings. The molecule has 6 heteroatoms. The van der Waals surface area contributed by atoms with Crippen molar-refractivity contribution in [1.82, 2.24) is 9.61 Å². The molecule has 3 aromatic rings. The Morgan fingerprint density at radius 2 is 1.83 bits per heavy atom. The van der Waals surface area contributed by atoms with E-state index in [1.165, 1.54) is 6.26 Å². The highest BCUT2D eigenvalue weighted by molar-refractivity contribution is 7.91. The number of nitrogens with zero attached hydrogens (tertiary/aromatic N) is 3. The molecule has 3 rings (SSSR count). The van der Waals surface area contributed by atoms with Gasteiger partial charge in [0.25, 0.3) is 0 Å². The van der Waals surface area contributed by atoms with E-state index in [-0.39, 0.29) is 4.90 Å². The minimum Gasteiger partial charge on any atom is -0.237 e. The summed E-state index contributed by atoms with van der Waals surface area (Å²) in [4.78, 5) is 0.237. The quantitative estimate of drug-likeness (QED) is 0.734. The lowest BCUT2D eigenvalue weighted by Gasteiger charge is -2.14. The lowest BCUT2D eigenvalue weighted by atomic mass is 10.0. The van der Waals surface area contributed by atoms with Gasteiger partial charge in [-0.3, -0.25) is 0 Å². The molecule has 0 atom stereocenters. The normalized spacial score (nSPS) is 11.6. The van der Waals surface area contributed by atoms with Crippen LogP contribution in [0.15, 0.2) is 41.3 Å². The highest BCUT2D eigenvalue weighted by Gasteiger charge is 2.23. The first-order valence-corrected chi connectivity index (χ1v) is 9.47. The number of rotatable bonds is 3. The number of nitriles is 1. The zero-order valence-corrected chi connectivity index (χ0v) is 14.6. The molecule has 0 bridgehead atoms. The van der Waals surface area contributed by atoms with Crippen LogP contribution < -0.4 is 0 Å². The minimum atomic E-state index is -3.46. The Morgan fingerprint density at radius 1 is 1.17 bits per heavy atom. The first-order valence-electron chi connectivity index (χ1n) is 7.58. The van der Waals surface area contributed by atoms with E-state index in [4.69, 9.17) is 5.26 Å². The van der Waals surface area contributed by atoms with Gasteiger partial charge in [0.15, 0.2) is 9.84 Å². The molecule has 2 aromatic heterocycles. The number of benzene rings is 1. The molecule has 0 radical (unpaired) electrons. The fourth-order valence-electron chi connectivity index (χ4n) is 2.98. The molecule has 24 heavy (non-hydrogen) atoms. The zero-order valence-electron chi connectivity index (χ0n) is 13.7. The van der Waals surface area contributed by atoms with Gasteiger partial charge in [-0.2, -0.15) is 10.4 Å². The molecule has 0 amide bonds. The summed E-state index contributed by atoms with van der Waals surface area (Å²) in [5.74, 6) is 0. The molecule has 122 valence electrons. The molecule has 1 aromatic carbocycles. The van der Waals surface area contributed by atoms with Crippen LogP contribution in [0.5, 0.6) is 0 Å². The number of hydrogen-bond donors (Lipinski definition) is 0. The summed E-state index contributed by atoms with van der Waals surface area (Å²) in [6.45, 7) is 3.74. The summed E-state index contributed by atoms with van der Waals surface area (Å²) in [5, 5.41) is 13.5. The molecule has 0 spiro atoms. The first kappa shape index (κ1) is 16.2. The Kier molecular flexibility index (Phi) is 3.90. The largest absolute Gasteiger partial charge is 0.237 e. The second-order valence-electron chi connectivity index (χ2n) is 5.73. The SMILES string of the molecule is CCc1ccc2c(-c3ccc(C#N)cc3)c(S(C)(=O)=O)c(C)nn12. The topological polar surface area (TPSA) is 75.2 Å². The van der Waals surface area contributed by atoms with E-state index in [0.29, 0.717) is 16.8 Å². The van der Waals surface area contributed by atoms with Gasteiger partial charge in [0, 0.05) is 17.5 Å². The molecule has 2 heterocycles. The number of aryl methyl sites for hydroxylation is 2. The van der Waals surface area contributed by atoms with Crippen molar-refractivity contribution in [2.24, 2.45) is 0 Å². The van der Waals surface area contributed by atoms with Crippen molar-refractivity contribution >= 4 is 15.4 Å². The van der Waals surface area contributed by atoms with E-state index >= 15 is 0 Å². The van der Waals surface area contributed by atoms with Crippen molar-refractivity contribution in [2.75, 3.05) is 6.26 Å². The molecule has 0 saturated heterocycles. The van der Waals surface area contributed by atoms with Gasteiger partial charge >= 0.3 is 0 Å². The van der Waals surface area contributed by atoms with Gasteiger partial charge in [-0.1, -0.05) is 19.1 Å². The van der Waals surface area contributed by atoms with E-state index < -0.39 is 9.84 Å². The fourth-order valence-corrected chi connectivity index (χ4v) is 4.15. The van der Waals surface area contributed by atoms with Gasteiger partial charge in [-0.15, -0.1) is 0 Å². The van der Waals surface area contributed by atoms with E-state index in [9.17, 15) is 8.42 Å². The second kappa shape index (κ2) is 5.77. The van der Waals surface area contributed by atoms with Crippen molar-refractivity contribution in [2.45, 2.75) is 25.2 Å². The van der Waals surface area contributed by atoms with Gasteiger partial charge in [0.05, 0.1) is 27.7 Å². The molecule has 0 saturated carbocycles. The van der Waals surface area contributed by atoms with Crippen molar-refractivity contribution < 1.29 is 8.42 Å². The monoisotopic (exact) mass is 339 g/mol. The van der Waals surface area contributed by atoms with Crippen LogP contribution in [0.2, 0.25) is 0 Å². The predicted octanol–water partition coefficient (Wildman–Crippen LogP) is 3.15. The maximum Gasteiger partial charge on any atom is 0.178 e. The molecule has 0 aliphatic heterocycles. The second-order valence-corrected chi connectivity index (χ2v) is 7.68. The van der Waals surface area contributed by atoms with Crippen LogP contribution >= 0.6 is 0 Å². The summed E-state index contributed by atoms with van der Waals surface area (Å²) in [5.41, 5.74) is 4.16. The smallest absolute Gasteiger partial charge is 0.178 e. The van der Waals surface area contributed by atoms with E-state index in [0.717, 1.165) is 23.2 Å². The Balaban J connectivity index is 2.46. The Labute approximate surface area is 141 Å². The average molecular weight is 339 g/mol. The number of fused-ring (bicyclic) bond motifs is 1. The molecule has 0 aliphatic rings. The van der Waals surface area contributed by atoms with Crippen molar-refractivity contribution in [3.8, 4) is 17.2 Å². The van der Waals surface area contributed by atoms with Crippen molar-refractivity contribution in [1.29, 1.82) is 5.26 Å². The van der Waals surface area contributed by atoms with Gasteiger partial charge in [0.1, 0.15) is 0 Å². The number of aromatic nitrogens is 2. The summed E-state index contributed by atoms with van der Waals surface area (Å²) >= 11 is 0. The lowest BCUT2D eigenvalue weighted by Crippen LogP contribution is -2.10. The van der Waals surface area contributed by atoms with Crippen LogP contribution in [-0.4, -0.2) is 24.3 Å². The highest BCUT2D eigenvalue weighted by Crippen LogP contribution is 2.34. The maximum absolute atomic E-state index is 12.4. The van der Waals surface area contributed by atoms with Gasteiger partial charge in [0.2, 0.25) is 0 Å². The molecular formula is C18H17N3O2S. The van der Waals surface area contributed by atoms with Gasteiger partial charge in [-0.25, -0.2) is 12.9 Å². The van der Waals surface area contributed by atoms with Gasteiger partial charge < -0.3 is 0 Å². The van der Waals surface area contributed by atoms with E-state index in [2.05, 4.69) is 11.2 Å². The van der Waals surface area contributed by atoms with Crippen LogP contribution in [-0.2, 0) is 16.3 Å². The summed E-state index contributed by atoms with van der Waals surface area (Å²) in [6.07, 6.45) is 2.00. The van der Waals surface area contributed by atoms with Crippen molar-refractivity contribution in [3.63, 3.8) is 0 Å². The first-order chi connectivity index (χ1) is 11.4. The van der Waals surface area contributed by atoms with E-state index in [1.54, 1.807) is 35.7 Å². The van der Waals surface area contributed by atoms with Gasteiger partial charge in [-0.05, 0) is 43.2 Å². The maximum atomic E-state index is 12.4. The third-order valence-electron chi connectivity index (χ3n) is 4.03. The van der Waals surface area contributed by atoms with Crippen LogP contribution in [0, 0.1) is 18.3 Å². The zero-order chi connectivity index (χ0) is 17.5. The summed E-state index contributed by atoms with van der Waals surface area (Å²) in [6, 6.07) is 12.9. The standard InChI is InChI=1S/C18H17N3O2S/c1-4-15-9-10-16-17(14-7-5-13(11-19)6-8-14)18(24(3,22)23)12(2)20-21(15)16/h5-10H,4H2,1-3H3. The lowest BCUT2D eigenvalue weighted by molar-refractivity contribution is 0.600. The van der Waals surface area contributed by atoms with Crippen LogP contribution in [0.1, 0.15) is 23.9 Å².